The van der Waals surface area contributed by atoms with Crippen LogP contribution in [0.4, 0.5) is 0 Å². The van der Waals surface area contributed by atoms with Gasteiger partial charge in [0.25, 0.3) is 0 Å². The number of rotatable bonds is 9. The average Bonchev–Trinajstić information content (AvgIpc) is 2.23. The second kappa shape index (κ2) is 9.42. The van der Waals surface area contributed by atoms with Crippen LogP contribution in [0.3, 0.4) is 0 Å². The third kappa shape index (κ3) is 8.16. The molecule has 0 aromatic carbocycles. The molecule has 0 bridgehead atoms. The van der Waals surface area contributed by atoms with E-state index in [0.717, 1.165) is 26.1 Å². The van der Waals surface area contributed by atoms with Gasteiger partial charge in [-0.3, -0.25) is 9.69 Å². The lowest BCUT2D eigenvalue weighted by Gasteiger charge is -2.30. The van der Waals surface area contributed by atoms with Gasteiger partial charge >= 0.3 is 0 Å². The molecule has 0 aromatic heterocycles. The predicted octanol–water partition coefficient (Wildman–Crippen LogP) is 1.22. The zero-order valence-electron chi connectivity index (χ0n) is 12.0. The van der Waals surface area contributed by atoms with Gasteiger partial charge in [-0.1, -0.05) is 6.92 Å². The molecule has 0 saturated heterocycles. The molecule has 4 heteroatoms. The summed E-state index contributed by atoms with van der Waals surface area (Å²) in [5.74, 6) is 0.0888. The maximum Gasteiger partial charge on any atom is 0.234 e. The van der Waals surface area contributed by atoms with Crippen molar-refractivity contribution in [2.75, 3.05) is 26.2 Å². The Labute approximate surface area is 106 Å². The number of carbonyl (C=O) groups excluding carboxylic acids is 1. The van der Waals surface area contributed by atoms with E-state index >= 15 is 0 Å². The average molecular weight is 243 g/mol. The number of hydrogen-bond acceptors (Lipinski definition) is 3. The Morgan fingerprint density at radius 1 is 1.12 bits per heavy atom. The zero-order chi connectivity index (χ0) is 13.3. The molecule has 2 N–H and O–H groups in total. The van der Waals surface area contributed by atoms with Gasteiger partial charge in [-0.05, 0) is 40.7 Å². The molecule has 0 aromatic rings. The van der Waals surface area contributed by atoms with Crippen LogP contribution >= 0.6 is 0 Å². The third-order valence-electron chi connectivity index (χ3n) is 2.73. The van der Waals surface area contributed by atoms with Gasteiger partial charge in [0.2, 0.25) is 5.91 Å². The van der Waals surface area contributed by atoms with Crippen molar-refractivity contribution < 1.29 is 4.79 Å². The Bertz CT molecular complexity index is 197. The van der Waals surface area contributed by atoms with Crippen molar-refractivity contribution in [3.05, 3.63) is 0 Å². The summed E-state index contributed by atoms with van der Waals surface area (Å²) in [6.45, 7) is 13.8. The highest BCUT2D eigenvalue weighted by Crippen LogP contribution is 2.02. The van der Waals surface area contributed by atoms with Crippen LogP contribution in [-0.4, -0.2) is 49.1 Å². The normalized spacial score (nSPS) is 11.5. The summed E-state index contributed by atoms with van der Waals surface area (Å²) in [6.07, 6.45) is 1.06. The zero-order valence-corrected chi connectivity index (χ0v) is 12.0. The summed E-state index contributed by atoms with van der Waals surface area (Å²) in [4.78, 5) is 13.8. The van der Waals surface area contributed by atoms with Crippen LogP contribution in [0, 0.1) is 0 Å². The first kappa shape index (κ1) is 16.4. The molecule has 1 amide bonds. The van der Waals surface area contributed by atoms with Crippen molar-refractivity contribution in [2.24, 2.45) is 0 Å². The van der Waals surface area contributed by atoms with Crippen LogP contribution in [-0.2, 0) is 4.79 Å². The minimum atomic E-state index is 0.0888. The number of hydrogen-bond donors (Lipinski definition) is 2. The highest BCUT2D eigenvalue weighted by Gasteiger charge is 2.12. The number of amides is 1. The van der Waals surface area contributed by atoms with Gasteiger partial charge in [0, 0.05) is 25.2 Å². The molecule has 0 heterocycles. The first-order valence-corrected chi connectivity index (χ1v) is 6.72. The van der Waals surface area contributed by atoms with Crippen molar-refractivity contribution in [3.63, 3.8) is 0 Å². The smallest absolute Gasteiger partial charge is 0.234 e. The van der Waals surface area contributed by atoms with E-state index in [9.17, 15) is 4.79 Å². The summed E-state index contributed by atoms with van der Waals surface area (Å²) in [5, 5.41) is 6.03. The molecule has 0 rings (SSSR count). The van der Waals surface area contributed by atoms with E-state index in [0.29, 0.717) is 18.6 Å². The molecule has 0 aliphatic rings. The molecule has 0 saturated carbocycles. The monoisotopic (exact) mass is 243 g/mol. The van der Waals surface area contributed by atoms with Crippen molar-refractivity contribution in [1.82, 2.24) is 15.5 Å². The van der Waals surface area contributed by atoms with Crippen molar-refractivity contribution in [2.45, 2.75) is 53.1 Å². The summed E-state index contributed by atoms with van der Waals surface area (Å²) in [7, 11) is 0. The van der Waals surface area contributed by atoms with E-state index in [1.165, 1.54) is 0 Å². The Morgan fingerprint density at radius 3 is 2.18 bits per heavy atom. The molecular weight excluding hydrogens is 214 g/mol. The molecule has 0 unspecified atom stereocenters. The largest absolute Gasteiger partial charge is 0.354 e. The van der Waals surface area contributed by atoms with Crippen LogP contribution in [0.15, 0.2) is 0 Å². The summed E-state index contributed by atoms with van der Waals surface area (Å²) in [5.41, 5.74) is 0. The van der Waals surface area contributed by atoms with Crippen LogP contribution in [0.1, 0.15) is 41.0 Å². The maximum atomic E-state index is 11.4. The fourth-order valence-electron chi connectivity index (χ4n) is 1.88. The van der Waals surface area contributed by atoms with Gasteiger partial charge in [-0.25, -0.2) is 0 Å². The lowest BCUT2D eigenvalue weighted by molar-refractivity contribution is -0.120. The highest BCUT2D eigenvalue weighted by atomic mass is 16.1. The Morgan fingerprint density at radius 2 is 1.71 bits per heavy atom. The predicted molar refractivity (Wildman–Crippen MR) is 73.1 cm³/mol. The maximum absolute atomic E-state index is 11.4. The van der Waals surface area contributed by atoms with Crippen LogP contribution in [0.2, 0.25) is 0 Å². The standard InChI is InChI=1S/C13H29N3O/c1-6-7-14-10-13(17)15-8-9-16(11(2)3)12(4)5/h11-12,14H,6-10H2,1-5H3,(H,15,17). The van der Waals surface area contributed by atoms with Gasteiger partial charge in [0.15, 0.2) is 0 Å². The van der Waals surface area contributed by atoms with Gasteiger partial charge in [0.1, 0.15) is 0 Å². The number of nitrogens with zero attached hydrogens (tertiary/aromatic N) is 1. The van der Waals surface area contributed by atoms with Gasteiger partial charge in [0.05, 0.1) is 6.54 Å². The SMILES string of the molecule is CCCNCC(=O)NCCN(C(C)C)C(C)C. The third-order valence-corrected chi connectivity index (χ3v) is 2.73. The molecule has 4 nitrogen and oxygen atoms in total. The summed E-state index contributed by atoms with van der Waals surface area (Å²) in [6, 6.07) is 1.04. The van der Waals surface area contributed by atoms with Gasteiger partial charge < -0.3 is 10.6 Å². The van der Waals surface area contributed by atoms with Gasteiger partial charge in [-0.2, -0.15) is 0 Å². The highest BCUT2D eigenvalue weighted by molar-refractivity contribution is 5.77. The van der Waals surface area contributed by atoms with E-state index in [1.807, 2.05) is 0 Å². The lowest BCUT2D eigenvalue weighted by atomic mass is 10.2. The molecular formula is C13H29N3O. The van der Waals surface area contributed by atoms with E-state index in [4.69, 9.17) is 0 Å². The van der Waals surface area contributed by atoms with Crippen molar-refractivity contribution in [3.8, 4) is 0 Å². The summed E-state index contributed by atoms with van der Waals surface area (Å²) >= 11 is 0. The minimum Gasteiger partial charge on any atom is -0.354 e. The molecule has 0 aliphatic carbocycles. The first-order chi connectivity index (χ1) is 7.99. The van der Waals surface area contributed by atoms with Crippen LogP contribution < -0.4 is 10.6 Å². The molecule has 0 aliphatic heterocycles. The molecule has 0 fully saturated rings. The number of carbonyl (C=O) groups is 1. The van der Waals surface area contributed by atoms with Crippen molar-refractivity contribution >= 4 is 5.91 Å². The lowest BCUT2D eigenvalue weighted by Crippen LogP contribution is -2.44. The van der Waals surface area contributed by atoms with Crippen LogP contribution in [0.25, 0.3) is 0 Å². The molecule has 0 spiro atoms. The van der Waals surface area contributed by atoms with E-state index in [2.05, 4.69) is 50.2 Å². The van der Waals surface area contributed by atoms with Crippen molar-refractivity contribution in [1.29, 1.82) is 0 Å². The second-order valence-corrected chi connectivity index (χ2v) is 4.95. The minimum absolute atomic E-state index is 0.0888. The molecule has 0 atom stereocenters. The molecule has 0 radical (unpaired) electrons. The second-order valence-electron chi connectivity index (χ2n) is 4.95. The number of nitrogens with one attached hydrogen (secondary N) is 2. The fourth-order valence-corrected chi connectivity index (χ4v) is 1.88. The van der Waals surface area contributed by atoms with E-state index < -0.39 is 0 Å². The molecule has 17 heavy (non-hydrogen) atoms. The Balaban J connectivity index is 3.70. The van der Waals surface area contributed by atoms with E-state index in [1.54, 1.807) is 0 Å². The van der Waals surface area contributed by atoms with E-state index in [-0.39, 0.29) is 5.91 Å². The van der Waals surface area contributed by atoms with Crippen LogP contribution in [0.5, 0.6) is 0 Å². The molecule has 102 valence electrons. The Hall–Kier alpha value is -0.610. The fraction of sp³-hybridized carbons (Fsp3) is 0.923. The first-order valence-electron chi connectivity index (χ1n) is 6.72. The Kier molecular flexibility index (Phi) is 9.09. The van der Waals surface area contributed by atoms with Gasteiger partial charge in [-0.15, -0.1) is 0 Å². The summed E-state index contributed by atoms with van der Waals surface area (Å²) < 4.78 is 0. The topological polar surface area (TPSA) is 44.4 Å². The quantitative estimate of drug-likeness (QED) is 0.599.